The number of ether oxygens (including phenoxy) is 2. The number of aromatic nitrogens is 1. The Balaban J connectivity index is 1.69. The minimum Gasteiger partial charge on any atom is -0.497 e. The zero-order valence-corrected chi connectivity index (χ0v) is 18.1. The van der Waals surface area contributed by atoms with Gasteiger partial charge in [0.2, 0.25) is 5.91 Å². The van der Waals surface area contributed by atoms with E-state index in [0.29, 0.717) is 26.5 Å². The lowest BCUT2D eigenvalue weighted by Crippen LogP contribution is -2.20. The average molecular weight is 444 g/mol. The number of hydrogen-bond acceptors (Lipinski definition) is 7. The molecule has 0 aliphatic heterocycles. The SMILES string of the molecule is CNC(=O)CSc1nc(-c2ccccc2)c(NC(=O)COc2ccc(OC)cc2)s1. The molecular formula is C21H21N3O4S2. The third kappa shape index (κ3) is 5.98. The highest BCUT2D eigenvalue weighted by Crippen LogP contribution is 2.37. The summed E-state index contributed by atoms with van der Waals surface area (Å²) >= 11 is 2.65. The Kier molecular flexibility index (Phi) is 7.69. The summed E-state index contributed by atoms with van der Waals surface area (Å²) in [5.41, 5.74) is 1.55. The molecule has 2 N–H and O–H groups in total. The molecule has 1 heterocycles. The maximum absolute atomic E-state index is 12.5. The van der Waals surface area contributed by atoms with E-state index in [4.69, 9.17) is 9.47 Å². The number of amides is 2. The van der Waals surface area contributed by atoms with Crippen LogP contribution in [0.25, 0.3) is 11.3 Å². The number of carbonyl (C=O) groups excluding carboxylic acids is 2. The maximum atomic E-state index is 12.5. The Hall–Kier alpha value is -3.04. The van der Waals surface area contributed by atoms with Crippen molar-refractivity contribution in [1.29, 1.82) is 0 Å². The smallest absolute Gasteiger partial charge is 0.262 e. The fraction of sp³-hybridized carbons (Fsp3) is 0.190. The van der Waals surface area contributed by atoms with Crippen LogP contribution in [0.2, 0.25) is 0 Å². The van der Waals surface area contributed by atoms with Crippen LogP contribution >= 0.6 is 23.1 Å². The Morgan fingerprint density at radius 2 is 1.73 bits per heavy atom. The molecule has 9 heteroatoms. The van der Waals surface area contributed by atoms with E-state index in [0.717, 1.165) is 5.56 Å². The first-order chi connectivity index (χ1) is 14.6. The van der Waals surface area contributed by atoms with Crippen molar-refractivity contribution in [3.63, 3.8) is 0 Å². The van der Waals surface area contributed by atoms with Gasteiger partial charge in [-0.3, -0.25) is 9.59 Å². The van der Waals surface area contributed by atoms with Gasteiger partial charge < -0.3 is 20.1 Å². The van der Waals surface area contributed by atoms with E-state index in [1.165, 1.54) is 23.1 Å². The molecule has 0 saturated heterocycles. The summed E-state index contributed by atoms with van der Waals surface area (Å²) < 4.78 is 11.3. The van der Waals surface area contributed by atoms with E-state index in [9.17, 15) is 9.59 Å². The van der Waals surface area contributed by atoms with Gasteiger partial charge in [-0.2, -0.15) is 0 Å². The molecule has 0 saturated carbocycles. The molecule has 1 aromatic heterocycles. The fourth-order valence-electron chi connectivity index (χ4n) is 2.42. The first-order valence-corrected chi connectivity index (χ1v) is 10.9. The molecule has 0 radical (unpaired) electrons. The van der Waals surface area contributed by atoms with Crippen LogP contribution in [-0.2, 0) is 9.59 Å². The number of rotatable bonds is 9. The molecule has 7 nitrogen and oxygen atoms in total. The molecule has 0 aliphatic rings. The summed E-state index contributed by atoms with van der Waals surface area (Å²) in [7, 11) is 3.18. The highest BCUT2D eigenvalue weighted by molar-refractivity contribution is 8.01. The number of nitrogens with zero attached hydrogens (tertiary/aromatic N) is 1. The van der Waals surface area contributed by atoms with E-state index in [2.05, 4.69) is 15.6 Å². The van der Waals surface area contributed by atoms with Crippen molar-refractivity contribution in [1.82, 2.24) is 10.3 Å². The van der Waals surface area contributed by atoms with Gasteiger partial charge in [0.05, 0.1) is 12.9 Å². The van der Waals surface area contributed by atoms with Crippen molar-refractivity contribution in [2.45, 2.75) is 4.34 Å². The summed E-state index contributed by atoms with van der Waals surface area (Å²) in [5.74, 6) is 1.15. The predicted octanol–water partition coefficient (Wildman–Crippen LogP) is 3.67. The van der Waals surface area contributed by atoms with E-state index in [-0.39, 0.29) is 24.2 Å². The number of hydrogen-bond donors (Lipinski definition) is 2. The van der Waals surface area contributed by atoms with Crippen LogP contribution in [0.1, 0.15) is 0 Å². The second-order valence-corrected chi connectivity index (χ2v) is 8.22. The van der Waals surface area contributed by atoms with Gasteiger partial charge >= 0.3 is 0 Å². The summed E-state index contributed by atoms with van der Waals surface area (Å²) in [6, 6.07) is 16.6. The van der Waals surface area contributed by atoms with E-state index < -0.39 is 0 Å². The second kappa shape index (κ2) is 10.7. The van der Waals surface area contributed by atoms with Crippen molar-refractivity contribution < 1.29 is 19.1 Å². The first-order valence-electron chi connectivity index (χ1n) is 9.05. The molecule has 0 aliphatic carbocycles. The van der Waals surface area contributed by atoms with Crippen LogP contribution in [0, 0.1) is 0 Å². The second-order valence-electron chi connectivity index (χ2n) is 6.00. The van der Waals surface area contributed by atoms with Gasteiger partial charge in [-0.1, -0.05) is 53.4 Å². The first kappa shape index (κ1) is 21.7. The molecule has 2 amide bonds. The Morgan fingerprint density at radius 3 is 2.40 bits per heavy atom. The van der Waals surface area contributed by atoms with Gasteiger partial charge in [0.1, 0.15) is 22.2 Å². The topological polar surface area (TPSA) is 89.6 Å². The molecule has 30 heavy (non-hydrogen) atoms. The van der Waals surface area contributed by atoms with E-state index >= 15 is 0 Å². The lowest BCUT2D eigenvalue weighted by atomic mass is 10.2. The Morgan fingerprint density at radius 1 is 1.03 bits per heavy atom. The van der Waals surface area contributed by atoms with Crippen LogP contribution in [-0.4, -0.2) is 43.3 Å². The summed E-state index contributed by atoms with van der Waals surface area (Å²) in [6.07, 6.45) is 0. The van der Waals surface area contributed by atoms with Gasteiger partial charge in [-0.15, -0.1) is 0 Å². The molecule has 3 aromatic rings. The van der Waals surface area contributed by atoms with Gasteiger partial charge in [0.15, 0.2) is 10.9 Å². The number of methoxy groups -OCH3 is 1. The van der Waals surface area contributed by atoms with E-state index in [1.807, 2.05) is 30.3 Å². The van der Waals surface area contributed by atoms with Gasteiger partial charge in [0, 0.05) is 12.6 Å². The minimum absolute atomic E-state index is 0.0880. The average Bonchev–Trinajstić information content (AvgIpc) is 3.19. The van der Waals surface area contributed by atoms with Crippen molar-refractivity contribution >= 4 is 39.9 Å². The zero-order chi connectivity index (χ0) is 21.3. The van der Waals surface area contributed by atoms with Crippen molar-refractivity contribution in [3.8, 4) is 22.8 Å². The molecule has 0 fully saturated rings. The lowest BCUT2D eigenvalue weighted by Gasteiger charge is -2.08. The molecule has 0 spiro atoms. The summed E-state index contributed by atoms with van der Waals surface area (Å²) in [5, 5.41) is 6.08. The van der Waals surface area contributed by atoms with Crippen molar-refractivity contribution in [3.05, 3.63) is 54.6 Å². The highest BCUT2D eigenvalue weighted by atomic mass is 32.2. The van der Waals surface area contributed by atoms with Gasteiger partial charge in [-0.05, 0) is 24.3 Å². The van der Waals surface area contributed by atoms with Crippen LogP contribution in [0.3, 0.4) is 0 Å². The normalized spacial score (nSPS) is 10.3. The Labute approximate surface area is 182 Å². The number of thioether (sulfide) groups is 1. The number of nitrogens with one attached hydrogen (secondary N) is 2. The number of anilines is 1. The third-order valence-corrected chi connectivity index (χ3v) is 6.06. The number of thiazole rings is 1. The number of carbonyl (C=O) groups is 2. The Bertz CT molecular complexity index is 991. The lowest BCUT2D eigenvalue weighted by molar-refractivity contribution is -0.118. The standard InChI is InChI=1S/C21H21N3O4S2/c1-22-18(26)13-29-21-24-19(14-6-4-3-5-7-14)20(30-21)23-17(25)12-28-16-10-8-15(27-2)9-11-16/h3-11H,12-13H2,1-2H3,(H,22,26)(H,23,25). The molecular weight excluding hydrogens is 422 g/mol. The van der Waals surface area contributed by atoms with Crippen LogP contribution in [0.5, 0.6) is 11.5 Å². The molecule has 3 rings (SSSR count). The van der Waals surface area contributed by atoms with E-state index in [1.54, 1.807) is 38.4 Å². The third-order valence-electron chi connectivity index (χ3n) is 3.94. The van der Waals surface area contributed by atoms with Crippen LogP contribution in [0.4, 0.5) is 5.00 Å². The van der Waals surface area contributed by atoms with Gasteiger partial charge in [-0.25, -0.2) is 4.98 Å². The molecule has 0 atom stereocenters. The minimum atomic E-state index is -0.297. The van der Waals surface area contributed by atoms with Gasteiger partial charge in [0.25, 0.3) is 5.91 Å². The largest absolute Gasteiger partial charge is 0.497 e. The monoisotopic (exact) mass is 443 g/mol. The predicted molar refractivity (Wildman–Crippen MR) is 119 cm³/mol. The van der Waals surface area contributed by atoms with Crippen LogP contribution < -0.4 is 20.1 Å². The fourth-order valence-corrected chi connectivity index (χ4v) is 4.38. The molecule has 0 unspecified atom stereocenters. The highest BCUT2D eigenvalue weighted by Gasteiger charge is 2.17. The molecule has 2 aromatic carbocycles. The molecule has 0 bridgehead atoms. The van der Waals surface area contributed by atoms with Crippen molar-refractivity contribution in [2.75, 3.05) is 31.8 Å². The number of benzene rings is 2. The van der Waals surface area contributed by atoms with Crippen molar-refractivity contribution in [2.24, 2.45) is 0 Å². The maximum Gasteiger partial charge on any atom is 0.262 e. The molecule has 156 valence electrons. The summed E-state index contributed by atoms with van der Waals surface area (Å²) in [4.78, 5) is 28.6. The zero-order valence-electron chi connectivity index (χ0n) is 16.5. The van der Waals surface area contributed by atoms with Crippen LogP contribution in [0.15, 0.2) is 58.9 Å². The summed E-state index contributed by atoms with van der Waals surface area (Å²) in [6.45, 7) is -0.140. The quantitative estimate of drug-likeness (QED) is 0.491.